The molecule has 176 valence electrons. The Balaban J connectivity index is 1.41. The minimum absolute atomic E-state index is 0.0551. The third-order valence-electron chi connectivity index (χ3n) is 6.48. The number of imide groups is 1. The van der Waals surface area contributed by atoms with Crippen molar-refractivity contribution in [2.45, 2.75) is 39.7 Å². The maximum Gasteiger partial charge on any atom is 0.266 e. The van der Waals surface area contributed by atoms with Crippen molar-refractivity contribution in [3.05, 3.63) is 88.0 Å². The monoisotopic (exact) mass is 468 g/mol. The zero-order valence-corrected chi connectivity index (χ0v) is 19.9. The number of hydrogen-bond donors (Lipinski definition) is 1. The zero-order chi connectivity index (χ0) is 25.1. The molecule has 2 aliphatic rings. The molecule has 0 spiro atoms. The third-order valence-corrected chi connectivity index (χ3v) is 6.48. The molecule has 2 aliphatic heterocycles. The average Bonchev–Trinajstić information content (AvgIpc) is 3.05. The first kappa shape index (κ1) is 22.5. The van der Waals surface area contributed by atoms with Gasteiger partial charge in [-0.1, -0.05) is 12.1 Å². The van der Waals surface area contributed by atoms with Crippen LogP contribution in [0.5, 0.6) is 5.75 Å². The summed E-state index contributed by atoms with van der Waals surface area (Å²) < 4.78 is 5.86. The molecule has 0 fully saturated rings. The van der Waals surface area contributed by atoms with Crippen molar-refractivity contribution in [2.24, 2.45) is 0 Å². The Morgan fingerprint density at radius 3 is 2.43 bits per heavy atom. The summed E-state index contributed by atoms with van der Waals surface area (Å²) in [5.74, 6) is -0.907. The fraction of sp³-hybridized carbons (Fsp3) is 0.214. The largest absolute Gasteiger partial charge is 0.487 e. The molecule has 0 saturated carbocycles. The van der Waals surface area contributed by atoms with Gasteiger partial charge in [-0.25, -0.2) is 4.90 Å². The van der Waals surface area contributed by atoms with Crippen LogP contribution in [0.15, 0.2) is 54.6 Å². The Kier molecular flexibility index (Phi) is 5.09. The van der Waals surface area contributed by atoms with Crippen LogP contribution in [0.25, 0.3) is 0 Å². The molecule has 0 aromatic heterocycles. The van der Waals surface area contributed by atoms with Crippen molar-refractivity contribution in [3.63, 3.8) is 0 Å². The second kappa shape index (κ2) is 7.91. The van der Waals surface area contributed by atoms with Gasteiger partial charge >= 0.3 is 0 Å². The van der Waals surface area contributed by atoms with Crippen LogP contribution in [0.4, 0.5) is 11.4 Å². The van der Waals surface area contributed by atoms with Gasteiger partial charge in [-0.2, -0.15) is 0 Å². The highest BCUT2D eigenvalue weighted by Crippen LogP contribution is 2.35. The molecule has 0 saturated heterocycles. The number of rotatable bonds is 3. The normalized spacial score (nSPS) is 16.0. The molecular weight excluding hydrogens is 444 g/mol. The van der Waals surface area contributed by atoms with Gasteiger partial charge in [0, 0.05) is 11.3 Å². The van der Waals surface area contributed by atoms with Gasteiger partial charge in [-0.3, -0.25) is 19.2 Å². The van der Waals surface area contributed by atoms with Crippen LogP contribution in [-0.2, 0) is 0 Å². The summed E-state index contributed by atoms with van der Waals surface area (Å²) in [6, 6.07) is 14.8. The Morgan fingerprint density at radius 2 is 1.66 bits per heavy atom. The molecule has 2 heterocycles. The van der Waals surface area contributed by atoms with E-state index in [2.05, 4.69) is 5.32 Å². The Labute approximate surface area is 202 Å². The predicted molar refractivity (Wildman–Crippen MR) is 132 cm³/mol. The van der Waals surface area contributed by atoms with E-state index < -0.39 is 23.3 Å². The van der Waals surface area contributed by atoms with Gasteiger partial charge in [0.2, 0.25) is 0 Å². The number of ketones is 1. The molecule has 0 aliphatic carbocycles. The van der Waals surface area contributed by atoms with E-state index in [0.29, 0.717) is 22.7 Å². The number of ether oxygens (including phenoxy) is 1. The topological polar surface area (TPSA) is 92.8 Å². The van der Waals surface area contributed by atoms with Crippen LogP contribution in [-0.4, -0.2) is 29.1 Å². The minimum Gasteiger partial charge on any atom is -0.487 e. The molecule has 0 atom stereocenters. The van der Waals surface area contributed by atoms with Crippen molar-refractivity contribution in [2.75, 3.05) is 10.2 Å². The maximum absolute atomic E-state index is 13.2. The van der Waals surface area contributed by atoms with Crippen LogP contribution in [0.2, 0.25) is 0 Å². The highest BCUT2D eigenvalue weighted by atomic mass is 16.5. The van der Waals surface area contributed by atoms with Crippen molar-refractivity contribution < 1.29 is 23.9 Å². The molecule has 0 radical (unpaired) electrons. The van der Waals surface area contributed by atoms with E-state index in [1.165, 1.54) is 18.2 Å². The van der Waals surface area contributed by atoms with E-state index in [4.69, 9.17) is 4.74 Å². The van der Waals surface area contributed by atoms with Crippen molar-refractivity contribution in [3.8, 4) is 5.75 Å². The molecule has 3 amide bonds. The highest BCUT2D eigenvalue weighted by molar-refractivity contribution is 6.35. The number of anilines is 2. The number of benzene rings is 3. The fourth-order valence-electron chi connectivity index (χ4n) is 4.51. The molecule has 0 unspecified atom stereocenters. The van der Waals surface area contributed by atoms with Gasteiger partial charge in [-0.15, -0.1) is 0 Å². The van der Waals surface area contributed by atoms with Crippen LogP contribution in [0.1, 0.15) is 72.8 Å². The van der Waals surface area contributed by atoms with Gasteiger partial charge < -0.3 is 10.1 Å². The fourth-order valence-corrected chi connectivity index (χ4v) is 4.51. The molecule has 3 aromatic rings. The lowest BCUT2D eigenvalue weighted by atomic mass is 9.93. The predicted octanol–water partition coefficient (Wildman–Crippen LogP) is 5.10. The third kappa shape index (κ3) is 3.79. The maximum atomic E-state index is 13.2. The number of nitrogens with zero attached hydrogens (tertiary/aromatic N) is 1. The van der Waals surface area contributed by atoms with E-state index in [1.54, 1.807) is 30.3 Å². The summed E-state index contributed by atoms with van der Waals surface area (Å²) in [7, 11) is 0. The number of nitrogens with one attached hydrogen (secondary N) is 1. The quantitative estimate of drug-likeness (QED) is 0.540. The van der Waals surface area contributed by atoms with E-state index in [0.717, 1.165) is 16.0 Å². The van der Waals surface area contributed by atoms with E-state index in [1.807, 2.05) is 33.8 Å². The van der Waals surface area contributed by atoms with Gasteiger partial charge in [-0.05, 0) is 81.3 Å². The van der Waals surface area contributed by atoms with Crippen LogP contribution in [0.3, 0.4) is 0 Å². The molecule has 7 heteroatoms. The summed E-state index contributed by atoms with van der Waals surface area (Å²) >= 11 is 0. The van der Waals surface area contributed by atoms with Crippen LogP contribution < -0.4 is 15.0 Å². The van der Waals surface area contributed by atoms with Gasteiger partial charge in [0.25, 0.3) is 17.7 Å². The van der Waals surface area contributed by atoms with Crippen LogP contribution >= 0.6 is 0 Å². The summed E-state index contributed by atoms with van der Waals surface area (Å²) in [5.41, 5.74) is 3.29. The van der Waals surface area contributed by atoms with Crippen molar-refractivity contribution >= 4 is 34.9 Å². The van der Waals surface area contributed by atoms with Gasteiger partial charge in [0.15, 0.2) is 5.78 Å². The lowest BCUT2D eigenvalue weighted by Crippen LogP contribution is -2.35. The zero-order valence-electron chi connectivity index (χ0n) is 19.9. The molecule has 0 bridgehead atoms. The lowest BCUT2D eigenvalue weighted by molar-refractivity contribution is 0.0619. The highest BCUT2D eigenvalue weighted by Gasteiger charge is 2.38. The molecule has 3 aromatic carbocycles. The number of fused-ring (bicyclic) bond motifs is 2. The van der Waals surface area contributed by atoms with Crippen molar-refractivity contribution in [1.82, 2.24) is 0 Å². The lowest BCUT2D eigenvalue weighted by Gasteiger charge is -2.31. The standard InChI is InChI=1S/C28H24N2O5/c1-15-6-5-7-22(16(15)2)30-26(33)19-10-8-17(12-20(19)27(30)34)25(32)29-18-9-11-24-21(13-18)23(31)14-28(3,4)35-24/h5-13H,14H2,1-4H3,(H,29,32). The summed E-state index contributed by atoms with van der Waals surface area (Å²) in [6.07, 6.45) is 0.245. The summed E-state index contributed by atoms with van der Waals surface area (Å²) in [6.45, 7) is 7.48. The van der Waals surface area contributed by atoms with Gasteiger partial charge in [0.05, 0.1) is 28.8 Å². The van der Waals surface area contributed by atoms with Gasteiger partial charge in [0.1, 0.15) is 11.4 Å². The first-order valence-corrected chi connectivity index (χ1v) is 11.3. The smallest absolute Gasteiger partial charge is 0.266 e. The number of Topliss-reactive ketones (excluding diaryl/α,β-unsaturated/α-hetero) is 1. The Morgan fingerprint density at radius 1 is 0.914 bits per heavy atom. The first-order valence-electron chi connectivity index (χ1n) is 11.3. The molecule has 1 N–H and O–H groups in total. The van der Waals surface area contributed by atoms with E-state index >= 15 is 0 Å². The molecular formula is C28H24N2O5. The van der Waals surface area contributed by atoms with Crippen molar-refractivity contribution in [1.29, 1.82) is 0 Å². The number of hydrogen-bond acceptors (Lipinski definition) is 5. The first-order chi connectivity index (χ1) is 16.6. The van der Waals surface area contributed by atoms with E-state index in [-0.39, 0.29) is 28.9 Å². The molecule has 5 rings (SSSR count). The molecule has 7 nitrogen and oxygen atoms in total. The Bertz CT molecular complexity index is 1450. The second-order valence-corrected chi connectivity index (χ2v) is 9.55. The average molecular weight is 469 g/mol. The number of amides is 3. The second-order valence-electron chi connectivity index (χ2n) is 9.55. The number of carbonyl (C=O) groups is 4. The Hall–Kier alpha value is -4.26. The van der Waals surface area contributed by atoms with E-state index in [9.17, 15) is 19.2 Å². The molecule has 35 heavy (non-hydrogen) atoms. The number of carbonyl (C=O) groups excluding carboxylic acids is 4. The SMILES string of the molecule is Cc1cccc(N2C(=O)c3ccc(C(=O)Nc4ccc5c(c4)C(=O)CC(C)(C)O5)cc3C2=O)c1C. The number of aryl methyl sites for hydroxylation is 1. The summed E-state index contributed by atoms with van der Waals surface area (Å²) in [4.78, 5) is 52.8. The summed E-state index contributed by atoms with van der Waals surface area (Å²) in [5, 5.41) is 2.77. The van der Waals surface area contributed by atoms with Crippen LogP contribution in [0, 0.1) is 13.8 Å². The minimum atomic E-state index is -0.575.